The van der Waals surface area contributed by atoms with Crippen LogP contribution in [0.5, 0.6) is 0 Å². The molecule has 0 N–H and O–H groups in total. The average molecular weight is 136 g/mol. The third-order valence-electron chi connectivity index (χ3n) is 1.09. The highest BCUT2D eigenvalue weighted by Crippen LogP contribution is 2.05. The summed E-state index contributed by atoms with van der Waals surface area (Å²) in [6.45, 7) is 2.14. The molecule has 0 aromatic carbocycles. The number of rotatable bonds is 3. The molecule has 1 unspecified atom stereocenters. The van der Waals surface area contributed by atoms with Crippen LogP contribution in [0.2, 0.25) is 0 Å². The number of alkyl halides is 1. The van der Waals surface area contributed by atoms with Crippen LogP contribution in [-0.2, 0) is 0 Å². The van der Waals surface area contributed by atoms with Gasteiger partial charge in [0.25, 0.3) is 0 Å². The van der Waals surface area contributed by atoms with Crippen molar-refractivity contribution in [3.8, 4) is 0 Å². The Hall–Kier alpha value is 0.250. The minimum absolute atomic E-state index is 0.222. The zero-order valence-corrected chi connectivity index (χ0v) is 6.57. The molecule has 0 saturated heterocycles. The fourth-order valence-corrected chi connectivity index (χ4v) is 0.715. The second kappa shape index (κ2) is 4.16. The van der Waals surface area contributed by atoms with E-state index in [9.17, 15) is 0 Å². The molecule has 0 saturated carbocycles. The van der Waals surface area contributed by atoms with Gasteiger partial charge in [0.2, 0.25) is 0 Å². The van der Waals surface area contributed by atoms with Crippen LogP contribution in [0.1, 0.15) is 19.8 Å². The summed E-state index contributed by atoms with van der Waals surface area (Å²) >= 11 is 5.84. The van der Waals surface area contributed by atoms with Crippen molar-refractivity contribution in [1.82, 2.24) is 4.90 Å². The lowest BCUT2D eigenvalue weighted by Crippen LogP contribution is -2.21. The topological polar surface area (TPSA) is 3.24 Å². The van der Waals surface area contributed by atoms with Crippen LogP contribution in [0, 0.1) is 0 Å². The number of nitrogens with zero attached hydrogens (tertiary/aromatic N) is 1. The maximum absolute atomic E-state index is 5.84. The summed E-state index contributed by atoms with van der Waals surface area (Å²) in [6, 6.07) is 0. The lowest BCUT2D eigenvalue weighted by molar-refractivity contribution is 0.358. The van der Waals surface area contributed by atoms with E-state index < -0.39 is 0 Å². The Morgan fingerprint density at radius 2 is 2.00 bits per heavy atom. The molecule has 0 rings (SSSR count). The SMILES string of the molecule is CCCC(Cl)N(C)C. The minimum Gasteiger partial charge on any atom is -0.294 e. The van der Waals surface area contributed by atoms with E-state index in [0.29, 0.717) is 0 Å². The number of hydrogen-bond donors (Lipinski definition) is 0. The number of hydrogen-bond acceptors (Lipinski definition) is 1. The van der Waals surface area contributed by atoms with Crippen LogP contribution < -0.4 is 0 Å². The number of halogens is 1. The molecule has 50 valence electrons. The van der Waals surface area contributed by atoms with Crippen molar-refractivity contribution < 1.29 is 0 Å². The molecule has 0 amide bonds. The summed E-state index contributed by atoms with van der Waals surface area (Å²) in [5, 5.41) is 0. The Morgan fingerprint density at radius 1 is 1.50 bits per heavy atom. The van der Waals surface area contributed by atoms with Gasteiger partial charge in [-0.3, -0.25) is 4.90 Å². The predicted molar refractivity (Wildman–Crippen MR) is 38.2 cm³/mol. The van der Waals surface area contributed by atoms with Crippen molar-refractivity contribution in [2.45, 2.75) is 25.3 Å². The molecule has 0 spiro atoms. The van der Waals surface area contributed by atoms with Gasteiger partial charge in [-0.2, -0.15) is 0 Å². The lowest BCUT2D eigenvalue weighted by Gasteiger charge is -2.15. The molecule has 0 aliphatic heterocycles. The van der Waals surface area contributed by atoms with Gasteiger partial charge in [0.15, 0.2) is 0 Å². The Labute approximate surface area is 56.6 Å². The van der Waals surface area contributed by atoms with Gasteiger partial charge in [0, 0.05) is 0 Å². The van der Waals surface area contributed by atoms with Gasteiger partial charge in [-0.15, -0.1) is 11.6 Å². The van der Waals surface area contributed by atoms with E-state index in [0.717, 1.165) is 12.8 Å². The molecule has 0 aliphatic rings. The first-order valence-corrected chi connectivity index (χ1v) is 3.42. The Morgan fingerprint density at radius 3 is 2.12 bits per heavy atom. The first-order chi connectivity index (χ1) is 3.68. The third-order valence-corrected chi connectivity index (χ3v) is 1.70. The normalized spacial score (nSPS) is 14.6. The van der Waals surface area contributed by atoms with Gasteiger partial charge in [-0.25, -0.2) is 0 Å². The van der Waals surface area contributed by atoms with Gasteiger partial charge in [0.05, 0.1) is 5.50 Å². The zero-order valence-electron chi connectivity index (χ0n) is 5.82. The smallest absolute Gasteiger partial charge is 0.0845 e. The van der Waals surface area contributed by atoms with Crippen LogP contribution >= 0.6 is 11.6 Å². The molecule has 0 aromatic rings. The molecule has 2 heteroatoms. The van der Waals surface area contributed by atoms with Crippen LogP contribution in [0.3, 0.4) is 0 Å². The summed E-state index contributed by atoms with van der Waals surface area (Å²) in [5.74, 6) is 0. The summed E-state index contributed by atoms with van der Waals surface area (Å²) in [7, 11) is 3.99. The maximum atomic E-state index is 5.84. The summed E-state index contributed by atoms with van der Waals surface area (Å²) in [6.07, 6.45) is 2.24. The van der Waals surface area contributed by atoms with E-state index in [-0.39, 0.29) is 5.50 Å². The third kappa shape index (κ3) is 3.28. The average Bonchev–Trinajstić information content (AvgIpc) is 1.67. The summed E-state index contributed by atoms with van der Waals surface area (Å²) < 4.78 is 0. The molecular formula is C6H14ClN. The monoisotopic (exact) mass is 135 g/mol. The van der Waals surface area contributed by atoms with Crippen molar-refractivity contribution in [2.75, 3.05) is 14.1 Å². The molecule has 1 nitrogen and oxygen atoms in total. The summed E-state index contributed by atoms with van der Waals surface area (Å²) in [4.78, 5) is 2.02. The highest BCUT2D eigenvalue weighted by molar-refractivity contribution is 6.20. The van der Waals surface area contributed by atoms with Crippen LogP contribution in [0.4, 0.5) is 0 Å². The van der Waals surface area contributed by atoms with E-state index in [2.05, 4.69) is 6.92 Å². The molecule has 0 bridgehead atoms. The first kappa shape index (κ1) is 8.25. The van der Waals surface area contributed by atoms with Crippen molar-refractivity contribution in [3.63, 3.8) is 0 Å². The van der Waals surface area contributed by atoms with Crippen LogP contribution in [0.25, 0.3) is 0 Å². The van der Waals surface area contributed by atoms with E-state index in [1.54, 1.807) is 0 Å². The van der Waals surface area contributed by atoms with Crippen LogP contribution in [0.15, 0.2) is 0 Å². The Balaban J connectivity index is 3.17. The van der Waals surface area contributed by atoms with Gasteiger partial charge in [-0.05, 0) is 20.5 Å². The largest absolute Gasteiger partial charge is 0.294 e. The van der Waals surface area contributed by atoms with Crippen molar-refractivity contribution in [3.05, 3.63) is 0 Å². The second-order valence-electron chi connectivity index (χ2n) is 2.19. The minimum atomic E-state index is 0.222. The highest BCUT2D eigenvalue weighted by atomic mass is 35.5. The van der Waals surface area contributed by atoms with E-state index in [4.69, 9.17) is 11.6 Å². The molecule has 0 aromatic heterocycles. The quantitative estimate of drug-likeness (QED) is 0.422. The zero-order chi connectivity index (χ0) is 6.57. The van der Waals surface area contributed by atoms with Crippen LogP contribution in [-0.4, -0.2) is 24.5 Å². The fourth-order valence-electron chi connectivity index (χ4n) is 0.496. The van der Waals surface area contributed by atoms with E-state index in [1.165, 1.54) is 0 Å². The second-order valence-corrected chi connectivity index (χ2v) is 2.69. The molecule has 0 radical (unpaired) electrons. The standard InChI is InChI=1S/C6H14ClN/c1-4-5-6(7)8(2)3/h6H,4-5H2,1-3H3. The molecule has 0 heterocycles. The van der Waals surface area contributed by atoms with E-state index >= 15 is 0 Å². The predicted octanol–water partition coefficient (Wildman–Crippen LogP) is 1.91. The maximum Gasteiger partial charge on any atom is 0.0845 e. The summed E-state index contributed by atoms with van der Waals surface area (Å²) in [5.41, 5.74) is 0.222. The van der Waals surface area contributed by atoms with Crippen molar-refractivity contribution >= 4 is 11.6 Å². The molecule has 0 fully saturated rings. The fraction of sp³-hybridized carbons (Fsp3) is 1.00. The van der Waals surface area contributed by atoms with Gasteiger partial charge in [-0.1, -0.05) is 13.3 Å². The van der Waals surface area contributed by atoms with Gasteiger partial charge in [0.1, 0.15) is 0 Å². The van der Waals surface area contributed by atoms with Gasteiger partial charge < -0.3 is 0 Å². The highest BCUT2D eigenvalue weighted by Gasteiger charge is 2.02. The molecule has 1 atom stereocenters. The van der Waals surface area contributed by atoms with Gasteiger partial charge >= 0.3 is 0 Å². The Bertz CT molecular complexity index is 54.5. The molecule has 0 aliphatic carbocycles. The van der Waals surface area contributed by atoms with E-state index in [1.807, 2.05) is 19.0 Å². The first-order valence-electron chi connectivity index (χ1n) is 2.99. The van der Waals surface area contributed by atoms with Crippen molar-refractivity contribution in [1.29, 1.82) is 0 Å². The molecule has 8 heavy (non-hydrogen) atoms. The van der Waals surface area contributed by atoms with Crippen molar-refractivity contribution in [2.24, 2.45) is 0 Å². The Kier molecular flexibility index (Phi) is 4.29. The lowest BCUT2D eigenvalue weighted by atomic mass is 10.3. The molecular weight excluding hydrogens is 122 g/mol.